The van der Waals surface area contributed by atoms with Gasteiger partial charge in [0, 0.05) is 13.1 Å². The molecule has 0 spiro atoms. The quantitative estimate of drug-likeness (QED) is 0.596. The second-order valence-electron chi connectivity index (χ2n) is 4.56. The van der Waals surface area contributed by atoms with Gasteiger partial charge in [-0.3, -0.25) is 9.59 Å². The lowest BCUT2D eigenvalue weighted by atomic mass is 10.1. The minimum Gasteiger partial charge on any atom is -0.343 e. The maximum absolute atomic E-state index is 12.0. The lowest BCUT2D eigenvalue weighted by molar-refractivity contribution is -0.133. The van der Waals surface area contributed by atoms with Crippen LogP contribution in [0.1, 0.15) is 18.9 Å². The summed E-state index contributed by atoms with van der Waals surface area (Å²) in [5.41, 5.74) is 0. The first-order valence-electron chi connectivity index (χ1n) is 6.35. The van der Waals surface area contributed by atoms with E-state index in [1.165, 1.54) is 0 Å². The Kier molecular flexibility index (Phi) is 5.10. The molecule has 1 saturated heterocycles. The number of piperidine rings is 1. The Hall–Kier alpha value is -1.45. The summed E-state index contributed by atoms with van der Waals surface area (Å²) in [5.74, 6) is -0.419. The van der Waals surface area contributed by atoms with Gasteiger partial charge in [-0.2, -0.15) is 0 Å². The zero-order valence-corrected chi connectivity index (χ0v) is 13.1. The van der Waals surface area contributed by atoms with E-state index >= 15 is 0 Å². The number of likely N-dealkylation sites (tertiary alicyclic amines) is 1. The van der Waals surface area contributed by atoms with Crippen LogP contribution >= 0.6 is 22.6 Å². The molecule has 1 N–H and O–H groups in total. The van der Waals surface area contributed by atoms with Crippen LogP contribution in [0.5, 0.6) is 0 Å². The minimum atomic E-state index is -0.335. The molecule has 0 aliphatic carbocycles. The highest BCUT2D eigenvalue weighted by molar-refractivity contribution is 14.1. The fraction of sp³-hybridized carbons (Fsp3) is 0.500. The van der Waals surface area contributed by atoms with Crippen LogP contribution in [0.15, 0.2) is 18.9 Å². The summed E-state index contributed by atoms with van der Waals surface area (Å²) in [6.07, 6.45) is 4.75. The highest BCUT2D eigenvalue weighted by Gasteiger charge is 2.26. The predicted molar refractivity (Wildman–Crippen MR) is 80.8 cm³/mol. The number of nitrogens with zero attached hydrogens (tertiary/aromatic N) is 4. The molecule has 7 nitrogen and oxygen atoms in total. The van der Waals surface area contributed by atoms with Crippen molar-refractivity contribution < 1.29 is 9.59 Å². The van der Waals surface area contributed by atoms with Crippen LogP contribution in [0.3, 0.4) is 0 Å². The lowest BCUT2D eigenvalue weighted by Gasteiger charge is -2.32. The largest absolute Gasteiger partial charge is 0.343 e. The number of amides is 2. The monoisotopic (exact) mass is 389 g/mol. The summed E-state index contributed by atoms with van der Waals surface area (Å²) >= 11 is 2.18. The van der Waals surface area contributed by atoms with Crippen LogP contribution < -0.4 is 5.32 Å². The first-order chi connectivity index (χ1) is 9.61. The minimum absolute atomic E-state index is 0.00597. The van der Waals surface area contributed by atoms with E-state index in [1.807, 2.05) is 4.68 Å². The molecule has 2 amide bonds. The molecular weight excluding hydrogens is 373 g/mol. The predicted octanol–water partition coefficient (Wildman–Crippen LogP) is 0.348. The number of carbonyl (C=O) groups excluding carboxylic acids is 2. The van der Waals surface area contributed by atoms with Crippen molar-refractivity contribution in [1.82, 2.24) is 25.2 Å². The van der Waals surface area contributed by atoms with Crippen molar-refractivity contribution >= 4 is 34.4 Å². The molecule has 1 aromatic heterocycles. The molecule has 2 rings (SSSR count). The van der Waals surface area contributed by atoms with Crippen LogP contribution in [0.25, 0.3) is 0 Å². The Balaban J connectivity index is 1.93. The van der Waals surface area contributed by atoms with Gasteiger partial charge in [-0.25, -0.2) is 4.68 Å². The Labute approximate surface area is 130 Å². The molecule has 0 aromatic carbocycles. The molecule has 108 valence electrons. The van der Waals surface area contributed by atoms with Gasteiger partial charge in [0.05, 0.1) is 18.8 Å². The van der Waals surface area contributed by atoms with Gasteiger partial charge in [0.15, 0.2) is 0 Å². The molecule has 1 aliphatic rings. The van der Waals surface area contributed by atoms with Gasteiger partial charge in [0.25, 0.3) is 0 Å². The van der Waals surface area contributed by atoms with Gasteiger partial charge in [-0.05, 0) is 41.5 Å². The third-order valence-corrected chi connectivity index (χ3v) is 4.00. The smallest absolute Gasteiger partial charge is 0.243 e. The Bertz CT molecular complexity index is 516. The van der Waals surface area contributed by atoms with Crippen molar-refractivity contribution in [3.63, 3.8) is 0 Å². The van der Waals surface area contributed by atoms with Crippen molar-refractivity contribution in [2.24, 2.45) is 0 Å². The number of aromatic nitrogens is 3. The zero-order chi connectivity index (χ0) is 14.5. The van der Waals surface area contributed by atoms with Gasteiger partial charge in [-0.15, -0.1) is 5.10 Å². The molecule has 2 heterocycles. The summed E-state index contributed by atoms with van der Waals surface area (Å²) in [5, 5.41) is 10.4. The molecule has 1 unspecified atom stereocenters. The van der Waals surface area contributed by atoms with E-state index in [0.717, 1.165) is 22.6 Å². The van der Waals surface area contributed by atoms with E-state index in [1.54, 1.807) is 11.1 Å². The molecule has 0 radical (unpaired) electrons. The molecule has 1 aliphatic heterocycles. The van der Waals surface area contributed by atoms with Gasteiger partial charge in [0.2, 0.25) is 11.8 Å². The summed E-state index contributed by atoms with van der Waals surface area (Å²) in [6.45, 7) is 4.67. The molecule has 0 saturated carbocycles. The van der Waals surface area contributed by atoms with Crippen LogP contribution in [0, 0.1) is 3.70 Å². The average Bonchev–Trinajstić information content (AvgIpc) is 2.90. The average molecular weight is 389 g/mol. The molecule has 1 fully saturated rings. The third-order valence-electron chi connectivity index (χ3n) is 3.23. The molecule has 20 heavy (non-hydrogen) atoms. The number of rotatable bonds is 4. The molecule has 1 aromatic rings. The highest BCUT2D eigenvalue weighted by Crippen LogP contribution is 2.22. The third kappa shape index (κ3) is 3.56. The van der Waals surface area contributed by atoms with Gasteiger partial charge in [-0.1, -0.05) is 11.8 Å². The van der Waals surface area contributed by atoms with Crippen molar-refractivity contribution in [2.75, 3.05) is 19.6 Å². The van der Waals surface area contributed by atoms with Crippen LogP contribution in [-0.2, 0) is 9.59 Å². The van der Waals surface area contributed by atoms with Crippen LogP contribution in [-0.4, -0.2) is 51.3 Å². The topological polar surface area (TPSA) is 80.1 Å². The molecule has 0 bridgehead atoms. The SMILES string of the molecule is C=CC(=O)NCC(=O)N1CCCC(n2nncc2I)C1. The van der Waals surface area contributed by atoms with E-state index < -0.39 is 0 Å². The first kappa shape index (κ1) is 14.9. The maximum atomic E-state index is 12.0. The summed E-state index contributed by atoms with van der Waals surface area (Å²) in [6, 6.07) is 0.150. The van der Waals surface area contributed by atoms with Crippen LogP contribution in [0.2, 0.25) is 0 Å². The maximum Gasteiger partial charge on any atom is 0.243 e. The summed E-state index contributed by atoms with van der Waals surface area (Å²) in [4.78, 5) is 24.9. The van der Waals surface area contributed by atoms with E-state index in [4.69, 9.17) is 0 Å². The Morgan fingerprint density at radius 3 is 3.05 bits per heavy atom. The van der Waals surface area contributed by atoms with E-state index in [0.29, 0.717) is 13.1 Å². The number of hydrogen-bond donors (Lipinski definition) is 1. The summed E-state index contributed by atoms with van der Waals surface area (Å²) < 4.78 is 2.81. The standard InChI is InChI=1S/C12H16IN5O2/c1-2-11(19)14-7-12(20)17-5-3-4-9(8-17)18-10(13)6-15-16-18/h2,6,9H,1,3-5,7-8H2,(H,14,19). The lowest BCUT2D eigenvalue weighted by Crippen LogP contribution is -2.45. The van der Waals surface area contributed by atoms with Gasteiger partial charge >= 0.3 is 0 Å². The van der Waals surface area contributed by atoms with Crippen molar-refractivity contribution in [3.05, 3.63) is 22.6 Å². The van der Waals surface area contributed by atoms with E-state index in [9.17, 15) is 9.59 Å². The van der Waals surface area contributed by atoms with Crippen molar-refractivity contribution in [1.29, 1.82) is 0 Å². The number of halogens is 1. The van der Waals surface area contributed by atoms with E-state index in [2.05, 4.69) is 44.8 Å². The number of carbonyl (C=O) groups is 2. The fourth-order valence-electron chi connectivity index (χ4n) is 2.21. The second kappa shape index (κ2) is 6.82. The zero-order valence-electron chi connectivity index (χ0n) is 11.0. The van der Waals surface area contributed by atoms with E-state index in [-0.39, 0.29) is 24.4 Å². The Morgan fingerprint density at radius 1 is 1.60 bits per heavy atom. The van der Waals surface area contributed by atoms with Gasteiger partial charge in [0.1, 0.15) is 3.70 Å². The molecule has 1 atom stereocenters. The molecule has 8 heteroatoms. The molecular formula is C12H16IN5O2. The highest BCUT2D eigenvalue weighted by atomic mass is 127. The number of hydrogen-bond acceptors (Lipinski definition) is 4. The van der Waals surface area contributed by atoms with Gasteiger partial charge < -0.3 is 10.2 Å². The normalized spacial score (nSPS) is 18.6. The van der Waals surface area contributed by atoms with Crippen LogP contribution in [0.4, 0.5) is 0 Å². The second-order valence-corrected chi connectivity index (χ2v) is 5.66. The number of nitrogens with one attached hydrogen (secondary N) is 1. The summed E-state index contributed by atoms with van der Waals surface area (Å²) in [7, 11) is 0. The van der Waals surface area contributed by atoms with Crippen molar-refractivity contribution in [3.8, 4) is 0 Å². The first-order valence-corrected chi connectivity index (χ1v) is 7.43. The Morgan fingerprint density at radius 2 is 2.40 bits per heavy atom. The fourth-order valence-corrected chi connectivity index (χ4v) is 2.82. The van der Waals surface area contributed by atoms with Crippen molar-refractivity contribution in [2.45, 2.75) is 18.9 Å².